The van der Waals surface area contributed by atoms with Crippen LogP contribution in [0.25, 0.3) is 0 Å². The van der Waals surface area contributed by atoms with Gasteiger partial charge in [0.2, 0.25) is 10.0 Å². The molecule has 28 heavy (non-hydrogen) atoms. The molecule has 150 valence electrons. The third kappa shape index (κ3) is 4.41. The van der Waals surface area contributed by atoms with Crippen LogP contribution >= 0.6 is 0 Å². The van der Waals surface area contributed by atoms with Crippen LogP contribution in [-0.2, 0) is 10.0 Å². The van der Waals surface area contributed by atoms with Crippen molar-refractivity contribution in [1.82, 2.24) is 4.31 Å². The maximum Gasteiger partial charge on any atom is 0.255 e. The number of hydrogen-bond donors (Lipinski definition) is 3. The zero-order chi connectivity index (χ0) is 20.3. The third-order valence-corrected chi connectivity index (χ3v) is 6.76. The summed E-state index contributed by atoms with van der Waals surface area (Å²) in [7, 11) is -3.83. The van der Waals surface area contributed by atoms with Gasteiger partial charge in [0.15, 0.2) is 0 Å². The molecule has 0 spiro atoms. The number of nitrogens with one attached hydrogen (secondary N) is 1. The van der Waals surface area contributed by atoms with Crippen LogP contribution in [0.1, 0.15) is 22.3 Å². The first kappa shape index (κ1) is 20.5. The molecule has 1 fully saturated rings. The van der Waals surface area contributed by atoms with Crippen molar-refractivity contribution in [3.05, 3.63) is 59.7 Å². The van der Waals surface area contributed by atoms with Crippen molar-refractivity contribution >= 4 is 21.6 Å². The topological polar surface area (TPSA) is 107 Å². The normalized spacial score (nSPS) is 20.7. The first-order valence-electron chi connectivity index (χ1n) is 9.08. The fourth-order valence-corrected chi connectivity index (χ4v) is 4.82. The van der Waals surface area contributed by atoms with Crippen molar-refractivity contribution in [2.45, 2.75) is 24.3 Å². The van der Waals surface area contributed by atoms with Crippen molar-refractivity contribution in [3.8, 4) is 0 Å². The maximum absolute atomic E-state index is 13.0. The predicted octanol–water partition coefficient (Wildman–Crippen LogP) is 1.61. The molecule has 0 aromatic heterocycles. The molecule has 2 aromatic rings. The summed E-state index contributed by atoms with van der Waals surface area (Å²) >= 11 is 0. The van der Waals surface area contributed by atoms with E-state index in [4.69, 9.17) is 0 Å². The molecule has 0 radical (unpaired) electrons. The van der Waals surface area contributed by atoms with Gasteiger partial charge in [-0.3, -0.25) is 4.79 Å². The largest absolute Gasteiger partial charge is 0.396 e. The molecule has 1 saturated heterocycles. The molecule has 0 bridgehead atoms. The second kappa shape index (κ2) is 8.40. The summed E-state index contributed by atoms with van der Waals surface area (Å²) in [6.07, 6.45) is -0.458. The number of anilines is 1. The number of aliphatic hydroxyl groups is 2. The number of nitrogens with zero attached hydrogens (tertiary/aromatic N) is 1. The number of hydrogen-bond acceptors (Lipinski definition) is 5. The fraction of sp³-hybridized carbons (Fsp3) is 0.350. The second-order valence-electron chi connectivity index (χ2n) is 7.01. The van der Waals surface area contributed by atoms with Crippen LogP contribution in [0, 0.1) is 12.8 Å². The fourth-order valence-electron chi connectivity index (χ4n) is 3.26. The summed E-state index contributed by atoms with van der Waals surface area (Å²) in [6.45, 7) is 1.84. The van der Waals surface area contributed by atoms with E-state index in [1.807, 2.05) is 25.1 Å². The Balaban J connectivity index is 1.81. The molecule has 0 aliphatic carbocycles. The number of sulfonamides is 1. The first-order chi connectivity index (χ1) is 13.3. The number of aliphatic hydroxyl groups excluding tert-OH is 2. The zero-order valence-electron chi connectivity index (χ0n) is 15.6. The van der Waals surface area contributed by atoms with Gasteiger partial charge in [0.25, 0.3) is 5.91 Å². The molecular weight excluding hydrogens is 380 g/mol. The van der Waals surface area contributed by atoms with Crippen LogP contribution in [0.4, 0.5) is 5.69 Å². The van der Waals surface area contributed by atoms with E-state index in [-0.39, 0.29) is 36.6 Å². The van der Waals surface area contributed by atoms with Crippen molar-refractivity contribution in [1.29, 1.82) is 0 Å². The Morgan fingerprint density at radius 3 is 2.68 bits per heavy atom. The number of carbonyl (C=O) groups is 1. The van der Waals surface area contributed by atoms with Gasteiger partial charge in [0, 0.05) is 36.9 Å². The first-order valence-corrected chi connectivity index (χ1v) is 10.5. The van der Waals surface area contributed by atoms with Gasteiger partial charge in [-0.05, 0) is 49.2 Å². The highest BCUT2D eigenvalue weighted by molar-refractivity contribution is 7.89. The molecule has 2 atom stereocenters. The van der Waals surface area contributed by atoms with Gasteiger partial charge < -0.3 is 15.5 Å². The van der Waals surface area contributed by atoms with E-state index in [0.29, 0.717) is 5.69 Å². The van der Waals surface area contributed by atoms with E-state index < -0.39 is 28.0 Å². The van der Waals surface area contributed by atoms with E-state index in [2.05, 4.69) is 5.32 Å². The Labute approximate surface area is 164 Å². The Kier molecular flexibility index (Phi) is 6.14. The highest BCUT2D eigenvalue weighted by atomic mass is 32.2. The third-order valence-electron chi connectivity index (χ3n) is 4.90. The molecule has 3 rings (SSSR count). The van der Waals surface area contributed by atoms with E-state index in [1.54, 1.807) is 12.1 Å². The average molecular weight is 404 g/mol. The smallest absolute Gasteiger partial charge is 0.255 e. The summed E-state index contributed by atoms with van der Waals surface area (Å²) in [5.74, 6) is -0.915. The second-order valence-corrected chi connectivity index (χ2v) is 8.95. The van der Waals surface area contributed by atoms with Gasteiger partial charge in [0.05, 0.1) is 11.0 Å². The molecule has 3 N–H and O–H groups in total. The molecule has 1 aliphatic rings. The predicted molar refractivity (Wildman–Crippen MR) is 106 cm³/mol. The quantitative estimate of drug-likeness (QED) is 0.702. The lowest BCUT2D eigenvalue weighted by Gasteiger charge is -2.34. The van der Waals surface area contributed by atoms with Crippen LogP contribution in [0.15, 0.2) is 53.4 Å². The van der Waals surface area contributed by atoms with Gasteiger partial charge in [-0.2, -0.15) is 4.31 Å². The van der Waals surface area contributed by atoms with Crippen molar-refractivity contribution in [2.75, 3.05) is 25.0 Å². The molecule has 2 unspecified atom stereocenters. The molecule has 1 heterocycles. The molecule has 2 aromatic carbocycles. The number of benzene rings is 2. The van der Waals surface area contributed by atoms with Crippen LogP contribution in [-0.4, -0.2) is 54.6 Å². The lowest BCUT2D eigenvalue weighted by molar-refractivity contribution is 0.0231. The lowest BCUT2D eigenvalue weighted by Crippen LogP contribution is -2.47. The lowest BCUT2D eigenvalue weighted by atomic mass is 9.97. The van der Waals surface area contributed by atoms with Crippen molar-refractivity contribution in [2.24, 2.45) is 5.92 Å². The van der Waals surface area contributed by atoms with Gasteiger partial charge >= 0.3 is 0 Å². The molecule has 1 amide bonds. The van der Waals surface area contributed by atoms with E-state index in [9.17, 15) is 23.4 Å². The minimum absolute atomic E-state index is 0.0115. The Bertz CT molecular complexity index is 961. The van der Waals surface area contributed by atoms with Gasteiger partial charge in [-0.1, -0.05) is 18.2 Å². The summed E-state index contributed by atoms with van der Waals surface area (Å²) in [6, 6.07) is 13.2. The van der Waals surface area contributed by atoms with Crippen LogP contribution in [0.3, 0.4) is 0 Å². The van der Waals surface area contributed by atoms with Crippen LogP contribution in [0.2, 0.25) is 0 Å². The number of rotatable bonds is 5. The van der Waals surface area contributed by atoms with Crippen LogP contribution < -0.4 is 5.32 Å². The Hall–Kier alpha value is -2.26. The molecule has 1 aliphatic heterocycles. The summed E-state index contributed by atoms with van der Waals surface area (Å²) in [5.41, 5.74) is 1.87. The standard InChI is InChI=1S/C20H24N2O5S/c1-14-4-2-6-17(10-14)21-20(25)15-5-3-7-18(11-15)28(26,27)22-9-8-19(24)16(12-22)13-23/h2-7,10-11,16,19,23-24H,8-9,12-13H2,1H3,(H,21,25). The molecular formula is C20H24N2O5S. The average Bonchev–Trinajstić information content (AvgIpc) is 2.68. The number of aryl methyl sites for hydroxylation is 1. The Morgan fingerprint density at radius 1 is 1.21 bits per heavy atom. The summed E-state index contributed by atoms with van der Waals surface area (Å²) in [4.78, 5) is 12.5. The van der Waals surface area contributed by atoms with E-state index >= 15 is 0 Å². The van der Waals surface area contributed by atoms with Gasteiger partial charge in [-0.15, -0.1) is 0 Å². The van der Waals surface area contributed by atoms with Crippen LogP contribution in [0.5, 0.6) is 0 Å². The van der Waals surface area contributed by atoms with Gasteiger partial charge in [0.1, 0.15) is 0 Å². The highest BCUT2D eigenvalue weighted by Crippen LogP contribution is 2.25. The number of carbonyl (C=O) groups excluding carboxylic acids is 1. The minimum atomic E-state index is -3.83. The monoisotopic (exact) mass is 404 g/mol. The highest BCUT2D eigenvalue weighted by Gasteiger charge is 2.34. The minimum Gasteiger partial charge on any atom is -0.396 e. The summed E-state index contributed by atoms with van der Waals surface area (Å²) in [5, 5.41) is 22.0. The SMILES string of the molecule is Cc1cccc(NC(=O)c2cccc(S(=O)(=O)N3CCC(O)C(CO)C3)c2)c1. The van der Waals surface area contributed by atoms with Crippen molar-refractivity contribution < 1.29 is 23.4 Å². The number of piperidine rings is 1. The van der Waals surface area contributed by atoms with Crippen molar-refractivity contribution in [3.63, 3.8) is 0 Å². The number of amides is 1. The van der Waals surface area contributed by atoms with Gasteiger partial charge in [-0.25, -0.2) is 8.42 Å². The molecule has 8 heteroatoms. The Morgan fingerprint density at radius 2 is 1.96 bits per heavy atom. The zero-order valence-corrected chi connectivity index (χ0v) is 16.4. The molecule has 0 saturated carbocycles. The molecule has 7 nitrogen and oxygen atoms in total. The van der Waals surface area contributed by atoms with E-state index in [1.165, 1.54) is 22.5 Å². The maximum atomic E-state index is 13.0. The van der Waals surface area contributed by atoms with E-state index in [0.717, 1.165) is 5.56 Å². The summed E-state index contributed by atoms with van der Waals surface area (Å²) < 4.78 is 27.2.